The summed E-state index contributed by atoms with van der Waals surface area (Å²) in [4.78, 5) is 22.2. The van der Waals surface area contributed by atoms with Crippen molar-refractivity contribution in [2.24, 2.45) is 0 Å². The van der Waals surface area contributed by atoms with Crippen LogP contribution < -0.4 is 5.32 Å². The third kappa shape index (κ3) is 2.92. The number of ether oxygens (including phenoxy) is 1. The number of benzene rings is 1. The van der Waals surface area contributed by atoms with Crippen LogP contribution in [0.1, 0.15) is 28.4 Å². The summed E-state index contributed by atoms with van der Waals surface area (Å²) in [5, 5.41) is 3.28. The molecule has 0 saturated carbocycles. The van der Waals surface area contributed by atoms with Crippen LogP contribution in [0.2, 0.25) is 0 Å². The standard InChI is InChI=1S/C16H18N4O2/c1-11(19-16-17-6-3-7-18-16)20-9-13-5-4-12(15(21)22-2)8-14(13)10-20/h3-8,11H,9-10H2,1-2H3,(H,17,18,19). The lowest BCUT2D eigenvalue weighted by Gasteiger charge is -2.24. The van der Waals surface area contributed by atoms with Crippen molar-refractivity contribution in [1.82, 2.24) is 14.9 Å². The minimum Gasteiger partial charge on any atom is -0.465 e. The molecule has 2 aromatic rings. The smallest absolute Gasteiger partial charge is 0.337 e. The Kier molecular flexibility index (Phi) is 4.02. The molecule has 0 bridgehead atoms. The summed E-state index contributed by atoms with van der Waals surface area (Å²) in [5.41, 5.74) is 2.98. The van der Waals surface area contributed by atoms with Crippen molar-refractivity contribution < 1.29 is 9.53 Å². The van der Waals surface area contributed by atoms with Crippen molar-refractivity contribution in [2.75, 3.05) is 12.4 Å². The minimum absolute atomic E-state index is 0.0939. The Balaban J connectivity index is 1.70. The zero-order valence-electron chi connectivity index (χ0n) is 12.6. The molecule has 22 heavy (non-hydrogen) atoms. The number of fused-ring (bicyclic) bond motifs is 1. The second kappa shape index (κ2) is 6.11. The molecule has 1 N–H and O–H groups in total. The number of rotatable bonds is 4. The van der Waals surface area contributed by atoms with E-state index in [9.17, 15) is 4.79 Å². The van der Waals surface area contributed by atoms with E-state index in [4.69, 9.17) is 4.74 Å². The molecule has 0 fully saturated rings. The van der Waals surface area contributed by atoms with Gasteiger partial charge in [-0.25, -0.2) is 14.8 Å². The third-order valence-electron chi connectivity index (χ3n) is 3.83. The average molecular weight is 298 g/mol. The predicted octanol–water partition coefficient (Wildman–Crippen LogP) is 2.04. The Morgan fingerprint density at radius 2 is 2.00 bits per heavy atom. The molecule has 6 nitrogen and oxygen atoms in total. The summed E-state index contributed by atoms with van der Waals surface area (Å²) in [6, 6.07) is 7.50. The highest BCUT2D eigenvalue weighted by Gasteiger charge is 2.24. The first kappa shape index (κ1) is 14.5. The zero-order valence-corrected chi connectivity index (χ0v) is 12.6. The molecule has 0 saturated heterocycles. The summed E-state index contributed by atoms with van der Waals surface area (Å²) in [7, 11) is 1.40. The topological polar surface area (TPSA) is 67.3 Å². The molecular formula is C16H18N4O2. The van der Waals surface area contributed by atoms with E-state index in [0.717, 1.165) is 18.7 Å². The molecule has 0 spiro atoms. The molecule has 0 aliphatic carbocycles. The predicted molar refractivity (Wildman–Crippen MR) is 82.1 cm³/mol. The van der Waals surface area contributed by atoms with E-state index in [-0.39, 0.29) is 12.1 Å². The molecule has 1 atom stereocenters. The number of esters is 1. The van der Waals surface area contributed by atoms with E-state index in [1.807, 2.05) is 18.2 Å². The average Bonchev–Trinajstić information content (AvgIpc) is 2.98. The Morgan fingerprint density at radius 1 is 1.27 bits per heavy atom. The Labute approximate surface area is 129 Å². The van der Waals surface area contributed by atoms with Gasteiger partial charge < -0.3 is 10.1 Å². The highest BCUT2D eigenvalue weighted by molar-refractivity contribution is 5.89. The number of hydrogen-bond acceptors (Lipinski definition) is 6. The third-order valence-corrected chi connectivity index (χ3v) is 3.83. The summed E-state index contributed by atoms with van der Waals surface area (Å²) in [6.07, 6.45) is 3.52. The van der Waals surface area contributed by atoms with Gasteiger partial charge in [0.05, 0.1) is 18.8 Å². The minimum atomic E-state index is -0.301. The van der Waals surface area contributed by atoms with Crippen LogP contribution in [-0.2, 0) is 17.8 Å². The normalized spacial score (nSPS) is 15.2. The van der Waals surface area contributed by atoms with Crippen LogP contribution >= 0.6 is 0 Å². The lowest BCUT2D eigenvalue weighted by atomic mass is 10.1. The Morgan fingerprint density at radius 3 is 2.73 bits per heavy atom. The van der Waals surface area contributed by atoms with Gasteiger partial charge in [0.1, 0.15) is 0 Å². The zero-order chi connectivity index (χ0) is 15.5. The van der Waals surface area contributed by atoms with Crippen LogP contribution in [0.25, 0.3) is 0 Å². The molecule has 1 aromatic heterocycles. The highest BCUT2D eigenvalue weighted by atomic mass is 16.5. The van der Waals surface area contributed by atoms with Crippen LogP contribution in [0.4, 0.5) is 5.95 Å². The van der Waals surface area contributed by atoms with Gasteiger partial charge in [-0.1, -0.05) is 6.07 Å². The molecule has 0 amide bonds. The molecule has 1 aromatic carbocycles. The quantitative estimate of drug-likeness (QED) is 0.871. The number of nitrogens with zero attached hydrogens (tertiary/aromatic N) is 3. The number of carbonyl (C=O) groups excluding carboxylic acids is 1. The van der Waals surface area contributed by atoms with E-state index >= 15 is 0 Å². The van der Waals surface area contributed by atoms with Gasteiger partial charge in [0.25, 0.3) is 0 Å². The maximum absolute atomic E-state index is 11.6. The van der Waals surface area contributed by atoms with Crippen LogP contribution in [0.15, 0.2) is 36.7 Å². The second-order valence-corrected chi connectivity index (χ2v) is 5.27. The number of hydrogen-bond donors (Lipinski definition) is 1. The van der Waals surface area contributed by atoms with Crippen LogP contribution in [0, 0.1) is 0 Å². The van der Waals surface area contributed by atoms with Crippen molar-refractivity contribution >= 4 is 11.9 Å². The highest BCUT2D eigenvalue weighted by Crippen LogP contribution is 2.26. The SMILES string of the molecule is COC(=O)c1ccc2c(c1)CN(C(C)Nc1ncccn1)C2. The molecule has 1 unspecified atom stereocenters. The fourth-order valence-electron chi connectivity index (χ4n) is 2.59. The summed E-state index contributed by atoms with van der Waals surface area (Å²) < 4.78 is 4.77. The molecule has 3 rings (SSSR count). The van der Waals surface area contributed by atoms with Gasteiger partial charge in [-0.2, -0.15) is 0 Å². The van der Waals surface area contributed by atoms with Crippen molar-refractivity contribution in [3.8, 4) is 0 Å². The van der Waals surface area contributed by atoms with E-state index in [1.165, 1.54) is 12.7 Å². The first-order valence-corrected chi connectivity index (χ1v) is 7.15. The fourth-order valence-corrected chi connectivity index (χ4v) is 2.59. The van der Waals surface area contributed by atoms with Gasteiger partial charge in [-0.15, -0.1) is 0 Å². The second-order valence-electron chi connectivity index (χ2n) is 5.27. The van der Waals surface area contributed by atoms with Crippen molar-refractivity contribution in [3.63, 3.8) is 0 Å². The van der Waals surface area contributed by atoms with Gasteiger partial charge in [0.2, 0.25) is 5.95 Å². The van der Waals surface area contributed by atoms with E-state index in [1.54, 1.807) is 18.5 Å². The van der Waals surface area contributed by atoms with Gasteiger partial charge in [0, 0.05) is 25.5 Å². The molecule has 2 heterocycles. The first-order chi connectivity index (χ1) is 10.7. The lowest BCUT2D eigenvalue weighted by Crippen LogP contribution is -2.35. The van der Waals surface area contributed by atoms with Gasteiger partial charge in [0.15, 0.2) is 0 Å². The van der Waals surface area contributed by atoms with Crippen molar-refractivity contribution in [2.45, 2.75) is 26.2 Å². The number of nitrogens with one attached hydrogen (secondary N) is 1. The van der Waals surface area contributed by atoms with Gasteiger partial charge in [-0.05, 0) is 36.2 Å². The number of carbonyl (C=O) groups is 1. The van der Waals surface area contributed by atoms with Gasteiger partial charge >= 0.3 is 5.97 Å². The molecular weight excluding hydrogens is 280 g/mol. The van der Waals surface area contributed by atoms with Gasteiger partial charge in [-0.3, -0.25) is 4.90 Å². The van der Waals surface area contributed by atoms with Crippen molar-refractivity contribution in [1.29, 1.82) is 0 Å². The molecule has 0 radical (unpaired) electrons. The van der Waals surface area contributed by atoms with E-state index < -0.39 is 0 Å². The first-order valence-electron chi connectivity index (χ1n) is 7.15. The van der Waals surface area contributed by atoms with E-state index in [0.29, 0.717) is 11.5 Å². The molecule has 114 valence electrons. The Bertz CT molecular complexity index is 675. The summed E-state index contributed by atoms with van der Waals surface area (Å²) >= 11 is 0. The fraction of sp³-hybridized carbons (Fsp3) is 0.312. The van der Waals surface area contributed by atoms with Crippen LogP contribution in [0.5, 0.6) is 0 Å². The number of methoxy groups -OCH3 is 1. The summed E-state index contributed by atoms with van der Waals surface area (Å²) in [6.45, 7) is 3.68. The molecule has 1 aliphatic heterocycles. The lowest BCUT2D eigenvalue weighted by molar-refractivity contribution is 0.0600. The molecule has 1 aliphatic rings. The Hall–Kier alpha value is -2.47. The van der Waals surface area contributed by atoms with E-state index in [2.05, 4.69) is 27.1 Å². The maximum atomic E-state index is 11.6. The monoisotopic (exact) mass is 298 g/mol. The number of aromatic nitrogens is 2. The maximum Gasteiger partial charge on any atom is 0.337 e. The summed E-state index contributed by atoms with van der Waals surface area (Å²) in [5.74, 6) is 0.311. The van der Waals surface area contributed by atoms with Crippen molar-refractivity contribution in [3.05, 3.63) is 53.3 Å². The largest absolute Gasteiger partial charge is 0.465 e. The molecule has 6 heteroatoms. The number of anilines is 1. The van der Waals surface area contributed by atoms with Crippen LogP contribution in [-0.4, -0.2) is 34.1 Å². The van der Waals surface area contributed by atoms with Crippen LogP contribution in [0.3, 0.4) is 0 Å².